The zero-order valence-corrected chi connectivity index (χ0v) is 13.0. The van der Waals surface area contributed by atoms with Gasteiger partial charge in [0.2, 0.25) is 0 Å². The number of thiophene rings is 1. The topological polar surface area (TPSA) is 75.5 Å². The van der Waals surface area contributed by atoms with Crippen molar-refractivity contribution in [1.82, 2.24) is 14.1 Å². The highest BCUT2D eigenvalue weighted by Gasteiger charge is 2.25. The average molecular weight is 328 g/mol. The second-order valence-electron chi connectivity index (χ2n) is 4.03. The van der Waals surface area contributed by atoms with Gasteiger partial charge in [-0.2, -0.15) is 11.3 Å². The van der Waals surface area contributed by atoms with Crippen LogP contribution in [0.3, 0.4) is 0 Å². The van der Waals surface area contributed by atoms with Crippen molar-refractivity contribution < 1.29 is 8.42 Å². The number of anilines is 1. The maximum absolute atomic E-state index is 12.5. The highest BCUT2D eigenvalue weighted by molar-refractivity contribution is 7.89. The molecule has 3 heterocycles. The van der Waals surface area contributed by atoms with Crippen molar-refractivity contribution in [2.75, 3.05) is 12.4 Å². The molecule has 3 aromatic heterocycles. The van der Waals surface area contributed by atoms with E-state index < -0.39 is 10.0 Å². The number of thiazole rings is 1. The summed E-state index contributed by atoms with van der Waals surface area (Å²) in [6.07, 6.45) is 1.70. The highest BCUT2D eigenvalue weighted by Crippen LogP contribution is 2.25. The molecule has 0 saturated heterocycles. The van der Waals surface area contributed by atoms with E-state index >= 15 is 0 Å². The third-order valence-electron chi connectivity index (χ3n) is 2.76. The predicted octanol–water partition coefficient (Wildman–Crippen LogP) is 1.98. The molecule has 0 amide bonds. The first-order chi connectivity index (χ1) is 9.62. The fourth-order valence-electron chi connectivity index (χ4n) is 1.82. The molecule has 2 N–H and O–H groups in total. The molecule has 0 fully saturated rings. The summed E-state index contributed by atoms with van der Waals surface area (Å²) in [6, 6.07) is 1.89. The van der Waals surface area contributed by atoms with Crippen LogP contribution in [0.5, 0.6) is 0 Å². The summed E-state index contributed by atoms with van der Waals surface area (Å²) < 4.78 is 29.1. The molecular formula is C11H12N4O2S3. The van der Waals surface area contributed by atoms with Gasteiger partial charge in [-0.15, -0.1) is 11.3 Å². The quantitative estimate of drug-likeness (QED) is 0.751. The van der Waals surface area contributed by atoms with Crippen LogP contribution in [0, 0.1) is 0 Å². The normalized spacial score (nSPS) is 12.1. The van der Waals surface area contributed by atoms with Crippen LogP contribution in [-0.2, 0) is 16.6 Å². The number of nitrogens with one attached hydrogen (secondary N) is 2. The molecule has 3 rings (SSSR count). The number of aromatic nitrogens is 2. The molecule has 0 saturated carbocycles. The van der Waals surface area contributed by atoms with E-state index in [0.29, 0.717) is 10.8 Å². The van der Waals surface area contributed by atoms with Gasteiger partial charge in [-0.25, -0.2) is 18.1 Å². The minimum atomic E-state index is -3.63. The molecular weight excluding hydrogens is 316 g/mol. The van der Waals surface area contributed by atoms with Gasteiger partial charge in [0.05, 0.1) is 0 Å². The fourth-order valence-corrected chi connectivity index (χ4v) is 4.57. The summed E-state index contributed by atoms with van der Waals surface area (Å²) in [5.41, 5.74) is 0.940. The van der Waals surface area contributed by atoms with Crippen molar-refractivity contribution in [3.05, 3.63) is 34.0 Å². The summed E-state index contributed by atoms with van der Waals surface area (Å²) in [6.45, 7) is 0.270. The average Bonchev–Trinajstić information content (AvgIpc) is 3.11. The zero-order chi connectivity index (χ0) is 14.2. The lowest BCUT2D eigenvalue weighted by Crippen LogP contribution is -2.25. The number of fused-ring (bicyclic) bond motifs is 1. The van der Waals surface area contributed by atoms with Crippen molar-refractivity contribution in [1.29, 1.82) is 0 Å². The molecule has 0 atom stereocenters. The van der Waals surface area contributed by atoms with Gasteiger partial charge in [0.1, 0.15) is 0 Å². The van der Waals surface area contributed by atoms with Gasteiger partial charge in [-0.05, 0) is 22.4 Å². The van der Waals surface area contributed by atoms with E-state index in [0.717, 1.165) is 5.56 Å². The Labute approximate surface area is 124 Å². The molecule has 0 radical (unpaired) electrons. The first-order valence-electron chi connectivity index (χ1n) is 5.76. The van der Waals surface area contributed by atoms with Crippen molar-refractivity contribution in [3.63, 3.8) is 0 Å². The van der Waals surface area contributed by atoms with Gasteiger partial charge in [-0.1, -0.05) is 0 Å². The second kappa shape index (κ2) is 5.17. The first-order valence-corrected chi connectivity index (χ1v) is 9.06. The van der Waals surface area contributed by atoms with E-state index in [2.05, 4.69) is 15.0 Å². The van der Waals surface area contributed by atoms with Gasteiger partial charge < -0.3 is 5.32 Å². The van der Waals surface area contributed by atoms with Crippen LogP contribution in [0.25, 0.3) is 4.96 Å². The van der Waals surface area contributed by atoms with Crippen LogP contribution in [0.2, 0.25) is 0 Å². The Morgan fingerprint density at radius 1 is 1.40 bits per heavy atom. The lowest BCUT2D eigenvalue weighted by atomic mass is 10.4. The van der Waals surface area contributed by atoms with Gasteiger partial charge in [0.15, 0.2) is 15.8 Å². The van der Waals surface area contributed by atoms with Crippen molar-refractivity contribution in [3.8, 4) is 0 Å². The van der Waals surface area contributed by atoms with E-state index in [1.807, 2.05) is 16.8 Å². The second-order valence-corrected chi connectivity index (χ2v) is 7.36. The highest BCUT2D eigenvalue weighted by atomic mass is 32.2. The molecule has 20 heavy (non-hydrogen) atoms. The molecule has 9 heteroatoms. The van der Waals surface area contributed by atoms with Crippen LogP contribution >= 0.6 is 22.7 Å². The molecule has 0 unspecified atom stereocenters. The van der Waals surface area contributed by atoms with Gasteiger partial charge in [0.25, 0.3) is 10.0 Å². The molecule has 0 aliphatic rings. The molecule has 3 aromatic rings. The van der Waals surface area contributed by atoms with Crippen LogP contribution in [0.15, 0.2) is 33.4 Å². The smallest absolute Gasteiger partial charge is 0.260 e. The Morgan fingerprint density at radius 2 is 2.25 bits per heavy atom. The SMILES string of the molecule is CNc1nc2sccn2c1S(=O)(=O)NCc1ccsc1. The summed E-state index contributed by atoms with van der Waals surface area (Å²) >= 11 is 2.93. The van der Waals surface area contributed by atoms with Crippen LogP contribution in [-0.4, -0.2) is 24.9 Å². The lowest BCUT2D eigenvalue weighted by molar-refractivity contribution is 0.577. The third kappa shape index (κ3) is 2.33. The minimum absolute atomic E-state index is 0.145. The number of hydrogen-bond acceptors (Lipinski definition) is 6. The Kier molecular flexibility index (Phi) is 3.50. The number of sulfonamides is 1. The van der Waals surface area contributed by atoms with Crippen molar-refractivity contribution in [2.24, 2.45) is 0 Å². The Morgan fingerprint density at radius 3 is 2.95 bits per heavy atom. The van der Waals surface area contributed by atoms with E-state index in [4.69, 9.17) is 0 Å². The molecule has 0 aliphatic carbocycles. The van der Waals surface area contributed by atoms with E-state index in [1.54, 1.807) is 23.0 Å². The Balaban J connectivity index is 1.97. The van der Waals surface area contributed by atoms with E-state index in [-0.39, 0.29) is 11.6 Å². The first kappa shape index (κ1) is 13.6. The van der Waals surface area contributed by atoms with Crippen molar-refractivity contribution >= 4 is 43.5 Å². The number of nitrogens with zero attached hydrogens (tertiary/aromatic N) is 2. The Hall–Kier alpha value is -1.42. The zero-order valence-electron chi connectivity index (χ0n) is 10.5. The van der Waals surface area contributed by atoms with E-state index in [9.17, 15) is 8.42 Å². The molecule has 0 aliphatic heterocycles. The van der Waals surface area contributed by atoms with Gasteiger partial charge >= 0.3 is 0 Å². The minimum Gasteiger partial charge on any atom is -0.371 e. The molecule has 6 nitrogen and oxygen atoms in total. The third-order valence-corrected chi connectivity index (χ3v) is 5.67. The summed E-state index contributed by atoms with van der Waals surface area (Å²) in [5, 5.41) is 8.61. The molecule has 0 bridgehead atoms. The van der Waals surface area contributed by atoms with E-state index in [1.165, 1.54) is 22.7 Å². The maximum Gasteiger partial charge on any atom is 0.260 e. The molecule has 106 valence electrons. The number of rotatable bonds is 5. The van der Waals surface area contributed by atoms with Gasteiger partial charge in [-0.3, -0.25) is 4.40 Å². The molecule has 0 spiro atoms. The monoisotopic (exact) mass is 328 g/mol. The van der Waals surface area contributed by atoms with Crippen LogP contribution in [0.4, 0.5) is 5.82 Å². The van der Waals surface area contributed by atoms with Gasteiger partial charge in [0, 0.05) is 25.2 Å². The standard InChI is InChI=1S/C11H12N4O2S3/c1-12-9-10(15-3-5-19-11(15)14-9)20(16,17)13-6-8-2-4-18-7-8/h2-5,7,12-13H,6H2,1H3. The predicted molar refractivity (Wildman–Crippen MR) is 81.0 cm³/mol. The van der Waals surface area contributed by atoms with Crippen molar-refractivity contribution in [2.45, 2.75) is 11.6 Å². The lowest BCUT2D eigenvalue weighted by Gasteiger charge is -2.06. The largest absolute Gasteiger partial charge is 0.371 e. The summed E-state index contributed by atoms with van der Waals surface area (Å²) in [7, 11) is -1.98. The summed E-state index contributed by atoms with van der Waals surface area (Å²) in [4.78, 5) is 4.90. The number of imidazole rings is 1. The summed E-state index contributed by atoms with van der Waals surface area (Å²) in [5.74, 6) is 0.356. The fraction of sp³-hybridized carbons (Fsp3) is 0.182. The van der Waals surface area contributed by atoms with Crippen LogP contribution < -0.4 is 10.0 Å². The number of hydrogen-bond donors (Lipinski definition) is 2. The van der Waals surface area contributed by atoms with Crippen LogP contribution in [0.1, 0.15) is 5.56 Å². The maximum atomic E-state index is 12.5. The molecule has 0 aromatic carbocycles. The Bertz CT molecular complexity index is 817.